The molecule has 3 heterocycles. The van der Waals surface area contributed by atoms with Crippen molar-refractivity contribution in [2.45, 2.75) is 25.9 Å². The van der Waals surface area contributed by atoms with Gasteiger partial charge < -0.3 is 28.7 Å². The van der Waals surface area contributed by atoms with Crippen LogP contribution < -0.4 is 4.74 Å². The molecule has 0 N–H and O–H groups in total. The van der Waals surface area contributed by atoms with E-state index < -0.39 is 5.60 Å². The van der Waals surface area contributed by atoms with Crippen molar-refractivity contribution < 1.29 is 23.6 Å². The number of piperazine rings is 1. The number of morpholine rings is 1. The summed E-state index contributed by atoms with van der Waals surface area (Å²) < 4.78 is 17.4. The maximum Gasteiger partial charge on any atom is 0.259 e. The summed E-state index contributed by atoms with van der Waals surface area (Å²) in [6, 6.07) is 5.42. The van der Waals surface area contributed by atoms with E-state index in [0.717, 1.165) is 18.7 Å². The Labute approximate surface area is 204 Å². The van der Waals surface area contributed by atoms with Gasteiger partial charge in [0.25, 0.3) is 5.91 Å². The lowest BCUT2D eigenvalue weighted by Gasteiger charge is -2.43. The third kappa shape index (κ3) is 5.54. The van der Waals surface area contributed by atoms with Gasteiger partial charge in [-0.25, -0.2) is 0 Å². The second-order valence-corrected chi connectivity index (χ2v) is 9.52. The molecule has 2 aromatic rings. The topological polar surface area (TPSA) is 88.4 Å². The smallest absolute Gasteiger partial charge is 0.259 e. The minimum absolute atomic E-state index is 0.000515. The first-order valence-corrected chi connectivity index (χ1v) is 11.8. The van der Waals surface area contributed by atoms with Crippen LogP contribution in [0.2, 0.25) is 5.02 Å². The largest absolute Gasteiger partial charge is 0.490 e. The Morgan fingerprint density at radius 1 is 1.15 bits per heavy atom. The van der Waals surface area contributed by atoms with Crippen molar-refractivity contribution in [1.29, 1.82) is 0 Å². The van der Waals surface area contributed by atoms with Crippen LogP contribution in [0.4, 0.5) is 0 Å². The molecule has 10 heteroatoms. The van der Waals surface area contributed by atoms with Crippen molar-refractivity contribution in [2.24, 2.45) is 0 Å². The van der Waals surface area contributed by atoms with E-state index in [1.807, 2.05) is 24.9 Å². The molecule has 0 spiro atoms. The summed E-state index contributed by atoms with van der Waals surface area (Å²) in [4.78, 5) is 32.2. The highest BCUT2D eigenvalue weighted by Gasteiger charge is 2.43. The van der Waals surface area contributed by atoms with Gasteiger partial charge in [0.2, 0.25) is 5.91 Å². The minimum Gasteiger partial charge on any atom is -0.490 e. The number of hydrogen-bond donors (Lipinski definition) is 0. The molecule has 1 aromatic heterocycles. The molecule has 9 nitrogen and oxygen atoms in total. The second-order valence-electron chi connectivity index (χ2n) is 9.11. The first-order chi connectivity index (χ1) is 16.3. The Kier molecular flexibility index (Phi) is 7.45. The Morgan fingerprint density at radius 2 is 1.91 bits per heavy atom. The number of rotatable bonds is 6. The average molecular weight is 491 g/mol. The summed E-state index contributed by atoms with van der Waals surface area (Å²) in [6.07, 6.45) is 1.55. The van der Waals surface area contributed by atoms with Gasteiger partial charge in [0.15, 0.2) is 0 Å². The van der Waals surface area contributed by atoms with Crippen LogP contribution in [0.1, 0.15) is 28.1 Å². The molecule has 0 saturated carbocycles. The normalized spacial score (nSPS) is 21.5. The van der Waals surface area contributed by atoms with Gasteiger partial charge in [-0.3, -0.25) is 9.59 Å². The van der Waals surface area contributed by atoms with E-state index in [4.69, 9.17) is 25.6 Å². The van der Waals surface area contributed by atoms with Crippen molar-refractivity contribution in [3.05, 3.63) is 46.3 Å². The van der Waals surface area contributed by atoms with Crippen LogP contribution in [0.5, 0.6) is 5.75 Å². The second kappa shape index (κ2) is 10.3. The zero-order valence-corrected chi connectivity index (χ0v) is 20.6. The number of carbonyl (C=O) groups is 2. The Balaban J connectivity index is 1.53. The van der Waals surface area contributed by atoms with Gasteiger partial charge in [-0.15, -0.1) is 0 Å². The number of hydrogen-bond acceptors (Lipinski definition) is 7. The quantitative estimate of drug-likeness (QED) is 0.614. The Morgan fingerprint density at radius 3 is 2.59 bits per heavy atom. The summed E-state index contributed by atoms with van der Waals surface area (Å²) in [7, 11) is 2.05. The molecule has 0 bridgehead atoms. The van der Waals surface area contributed by atoms with Gasteiger partial charge in [-0.05, 0) is 44.7 Å². The number of ether oxygens (including phenoxy) is 2. The summed E-state index contributed by atoms with van der Waals surface area (Å²) in [5.41, 5.74) is 0.328. The fourth-order valence-corrected chi connectivity index (χ4v) is 4.42. The molecule has 4 rings (SSSR count). The van der Waals surface area contributed by atoms with E-state index in [1.54, 1.807) is 24.0 Å². The van der Waals surface area contributed by atoms with Crippen molar-refractivity contribution in [3.8, 4) is 5.75 Å². The van der Waals surface area contributed by atoms with Crippen LogP contribution in [-0.4, -0.2) is 96.8 Å². The van der Waals surface area contributed by atoms with Crippen LogP contribution in [-0.2, 0) is 9.53 Å². The molecule has 1 aromatic carbocycles. The van der Waals surface area contributed by atoms with Crippen LogP contribution >= 0.6 is 11.6 Å². The lowest BCUT2D eigenvalue weighted by molar-refractivity contribution is -0.154. The lowest BCUT2D eigenvalue weighted by Crippen LogP contribution is -2.59. The molecule has 2 fully saturated rings. The van der Waals surface area contributed by atoms with Crippen LogP contribution in [0.3, 0.4) is 0 Å². The first-order valence-electron chi connectivity index (χ1n) is 11.5. The average Bonchev–Trinajstić information content (AvgIpc) is 3.25. The van der Waals surface area contributed by atoms with Gasteiger partial charge in [0.1, 0.15) is 29.3 Å². The number of benzene rings is 1. The van der Waals surface area contributed by atoms with Crippen LogP contribution in [0.15, 0.2) is 28.9 Å². The molecule has 34 heavy (non-hydrogen) atoms. The van der Waals surface area contributed by atoms with E-state index in [-0.39, 0.29) is 31.4 Å². The maximum absolute atomic E-state index is 13.3. The lowest BCUT2D eigenvalue weighted by atomic mass is 9.96. The van der Waals surface area contributed by atoms with Gasteiger partial charge in [-0.1, -0.05) is 16.8 Å². The summed E-state index contributed by atoms with van der Waals surface area (Å²) >= 11 is 6.15. The van der Waals surface area contributed by atoms with Gasteiger partial charge in [0.05, 0.1) is 25.8 Å². The molecule has 2 amide bonds. The van der Waals surface area contributed by atoms with Crippen molar-refractivity contribution in [1.82, 2.24) is 19.9 Å². The minimum atomic E-state index is -0.979. The number of likely N-dealkylation sites (N-methyl/N-ethyl adjacent to an activating group) is 1. The zero-order valence-electron chi connectivity index (χ0n) is 19.9. The highest BCUT2D eigenvalue weighted by molar-refractivity contribution is 6.31. The molecule has 0 radical (unpaired) electrons. The maximum atomic E-state index is 13.3. The molecule has 0 unspecified atom stereocenters. The zero-order chi connectivity index (χ0) is 24.3. The highest BCUT2D eigenvalue weighted by Crippen LogP contribution is 2.28. The van der Waals surface area contributed by atoms with Crippen molar-refractivity contribution in [2.75, 3.05) is 59.5 Å². The first kappa shape index (κ1) is 24.5. The number of carbonyl (C=O) groups excluding carboxylic acids is 2. The Bertz CT molecular complexity index is 1040. The Hall–Kier alpha value is -2.62. The van der Waals surface area contributed by atoms with Crippen molar-refractivity contribution >= 4 is 23.4 Å². The van der Waals surface area contributed by atoms with Gasteiger partial charge in [-0.2, -0.15) is 0 Å². The predicted molar refractivity (Wildman–Crippen MR) is 126 cm³/mol. The van der Waals surface area contributed by atoms with Crippen LogP contribution in [0, 0.1) is 13.8 Å². The fourth-order valence-electron chi connectivity index (χ4n) is 4.30. The van der Waals surface area contributed by atoms with E-state index in [0.29, 0.717) is 48.3 Å². The summed E-state index contributed by atoms with van der Waals surface area (Å²) in [5.74, 6) is 0.902. The third-order valence-corrected chi connectivity index (χ3v) is 6.90. The van der Waals surface area contributed by atoms with E-state index in [9.17, 15) is 9.59 Å². The summed E-state index contributed by atoms with van der Waals surface area (Å²) in [5, 5.41) is 4.38. The number of aromatic nitrogens is 1. The molecular formula is C24H31ClN4O5. The molecule has 2 saturated heterocycles. The number of nitrogens with zero attached hydrogens (tertiary/aromatic N) is 4. The third-order valence-electron chi connectivity index (χ3n) is 6.48. The summed E-state index contributed by atoms with van der Waals surface area (Å²) in [6.45, 7) is 7.67. The monoisotopic (exact) mass is 490 g/mol. The number of halogens is 1. The van der Waals surface area contributed by atoms with Gasteiger partial charge in [0, 0.05) is 37.7 Å². The molecule has 1 atom stereocenters. The molecule has 184 valence electrons. The predicted octanol–water partition coefficient (Wildman–Crippen LogP) is 2.40. The SMILES string of the molecule is Cc1cc(OC[C@@]2(CC(=O)N3CCN(C)CC3)CN(C(=O)c3cnoc3C)CCO2)ccc1Cl. The number of aryl methyl sites for hydroxylation is 2. The van der Waals surface area contributed by atoms with Crippen molar-refractivity contribution in [3.63, 3.8) is 0 Å². The molecular weight excluding hydrogens is 460 g/mol. The van der Waals surface area contributed by atoms with E-state index >= 15 is 0 Å². The van der Waals surface area contributed by atoms with E-state index in [1.165, 1.54) is 6.20 Å². The molecule has 2 aliphatic rings. The van der Waals surface area contributed by atoms with Gasteiger partial charge >= 0.3 is 0 Å². The van der Waals surface area contributed by atoms with Crippen LogP contribution in [0.25, 0.3) is 0 Å². The standard InChI is InChI=1S/C24H31ClN4O5/c1-17-12-19(4-5-21(17)25)32-16-24(13-22(30)28-8-6-27(3)7-9-28)15-29(10-11-33-24)23(31)20-14-26-34-18(20)2/h4-5,12,14H,6-11,13,15-16H2,1-3H3/t24-/m1/s1. The molecule has 0 aliphatic carbocycles. The highest BCUT2D eigenvalue weighted by atomic mass is 35.5. The van der Waals surface area contributed by atoms with E-state index in [2.05, 4.69) is 10.1 Å². The molecule has 2 aliphatic heterocycles. The fraction of sp³-hybridized carbons (Fsp3) is 0.542. The number of amides is 2.